The van der Waals surface area contributed by atoms with Gasteiger partial charge in [0.2, 0.25) is 0 Å². The Hall–Kier alpha value is -1.88. The summed E-state index contributed by atoms with van der Waals surface area (Å²) in [7, 11) is 0. The molecular formula is C15H17N3O2. The number of nitrogens with one attached hydrogen (secondary N) is 2. The van der Waals surface area contributed by atoms with Crippen LogP contribution in [0.15, 0.2) is 22.6 Å². The first-order valence-corrected chi connectivity index (χ1v) is 7.10. The van der Waals surface area contributed by atoms with Crippen LogP contribution in [0.3, 0.4) is 0 Å². The Morgan fingerprint density at radius 3 is 3.10 bits per heavy atom. The second-order valence-corrected chi connectivity index (χ2v) is 5.85. The molecule has 3 unspecified atom stereocenters. The molecule has 0 radical (unpaired) electrons. The molecule has 2 bridgehead atoms. The smallest absolute Gasteiger partial charge is 0.251 e. The zero-order valence-corrected chi connectivity index (χ0v) is 11.3. The highest BCUT2D eigenvalue weighted by atomic mass is 16.3. The number of carbonyl (C=O) groups excluding carboxylic acids is 1. The van der Waals surface area contributed by atoms with Gasteiger partial charge in [-0.1, -0.05) is 0 Å². The molecule has 1 aliphatic carbocycles. The average molecular weight is 271 g/mol. The third-order valence-electron chi connectivity index (χ3n) is 4.40. The average Bonchev–Trinajstić information content (AvgIpc) is 3.10. The molecule has 2 aliphatic rings. The van der Waals surface area contributed by atoms with E-state index in [0.717, 1.165) is 24.4 Å². The second kappa shape index (κ2) is 4.31. The highest BCUT2D eigenvalue weighted by Gasteiger charge is 2.40. The number of aromatic nitrogens is 1. The fraction of sp³-hybridized carbons (Fsp3) is 0.467. The minimum Gasteiger partial charge on any atom is -0.441 e. The van der Waals surface area contributed by atoms with Crippen molar-refractivity contribution in [1.29, 1.82) is 0 Å². The van der Waals surface area contributed by atoms with Crippen molar-refractivity contribution in [2.24, 2.45) is 5.92 Å². The van der Waals surface area contributed by atoms with Gasteiger partial charge in [-0.15, -0.1) is 0 Å². The number of amides is 1. The largest absolute Gasteiger partial charge is 0.441 e. The van der Waals surface area contributed by atoms with Crippen LogP contribution in [0.1, 0.15) is 29.1 Å². The van der Waals surface area contributed by atoms with Gasteiger partial charge in [-0.25, -0.2) is 4.98 Å². The van der Waals surface area contributed by atoms with Crippen LogP contribution in [0.25, 0.3) is 11.1 Å². The highest BCUT2D eigenvalue weighted by Crippen LogP contribution is 2.31. The number of carbonyl (C=O) groups is 1. The van der Waals surface area contributed by atoms with Gasteiger partial charge < -0.3 is 15.1 Å². The molecule has 0 spiro atoms. The Bertz CT molecular complexity index is 679. The minimum atomic E-state index is -0.0275. The van der Waals surface area contributed by atoms with E-state index < -0.39 is 0 Å². The molecule has 5 heteroatoms. The summed E-state index contributed by atoms with van der Waals surface area (Å²) in [6.45, 7) is 2.90. The van der Waals surface area contributed by atoms with Crippen molar-refractivity contribution in [2.45, 2.75) is 31.8 Å². The first-order valence-electron chi connectivity index (χ1n) is 7.10. The molecule has 1 saturated heterocycles. The molecule has 4 rings (SSSR count). The topological polar surface area (TPSA) is 67.2 Å². The van der Waals surface area contributed by atoms with E-state index in [1.54, 1.807) is 19.1 Å². The molecule has 2 aromatic rings. The van der Waals surface area contributed by atoms with Crippen molar-refractivity contribution in [3.05, 3.63) is 29.7 Å². The van der Waals surface area contributed by atoms with Crippen molar-refractivity contribution in [2.75, 3.05) is 6.54 Å². The Balaban J connectivity index is 1.54. The van der Waals surface area contributed by atoms with Crippen molar-refractivity contribution in [3.63, 3.8) is 0 Å². The molecule has 2 fully saturated rings. The number of aryl methyl sites for hydroxylation is 1. The zero-order valence-electron chi connectivity index (χ0n) is 11.3. The van der Waals surface area contributed by atoms with E-state index in [9.17, 15) is 4.79 Å². The maximum atomic E-state index is 12.3. The van der Waals surface area contributed by atoms with Crippen LogP contribution in [0, 0.1) is 12.8 Å². The number of benzene rings is 1. The van der Waals surface area contributed by atoms with E-state index in [1.165, 1.54) is 6.42 Å². The van der Waals surface area contributed by atoms with Crippen molar-refractivity contribution < 1.29 is 9.21 Å². The van der Waals surface area contributed by atoms with E-state index in [0.29, 0.717) is 23.1 Å². The van der Waals surface area contributed by atoms with Gasteiger partial charge >= 0.3 is 0 Å². The normalized spacial score (nSPS) is 28.1. The molecule has 1 aromatic carbocycles. The van der Waals surface area contributed by atoms with Crippen LogP contribution in [-0.2, 0) is 0 Å². The van der Waals surface area contributed by atoms with E-state index in [4.69, 9.17) is 4.42 Å². The Labute approximate surface area is 116 Å². The highest BCUT2D eigenvalue weighted by molar-refractivity contribution is 5.97. The van der Waals surface area contributed by atoms with Crippen molar-refractivity contribution in [3.8, 4) is 0 Å². The summed E-state index contributed by atoms with van der Waals surface area (Å²) in [5.74, 6) is 1.32. The van der Waals surface area contributed by atoms with Crippen LogP contribution >= 0.6 is 0 Å². The van der Waals surface area contributed by atoms with Crippen molar-refractivity contribution in [1.82, 2.24) is 15.6 Å². The number of oxazole rings is 1. The number of hydrogen-bond donors (Lipinski definition) is 2. The van der Waals surface area contributed by atoms with Crippen LogP contribution in [0.5, 0.6) is 0 Å². The number of hydrogen-bond acceptors (Lipinski definition) is 4. The van der Waals surface area contributed by atoms with Gasteiger partial charge in [0.25, 0.3) is 5.91 Å². The quantitative estimate of drug-likeness (QED) is 0.871. The summed E-state index contributed by atoms with van der Waals surface area (Å²) < 4.78 is 5.47. The van der Waals surface area contributed by atoms with E-state index in [-0.39, 0.29) is 11.9 Å². The Morgan fingerprint density at radius 1 is 1.45 bits per heavy atom. The van der Waals surface area contributed by atoms with Crippen LogP contribution < -0.4 is 10.6 Å². The fourth-order valence-corrected chi connectivity index (χ4v) is 3.45. The van der Waals surface area contributed by atoms with E-state index in [1.807, 2.05) is 6.07 Å². The fourth-order valence-electron chi connectivity index (χ4n) is 3.45. The molecule has 1 saturated carbocycles. The van der Waals surface area contributed by atoms with Crippen molar-refractivity contribution >= 4 is 17.0 Å². The summed E-state index contributed by atoms with van der Waals surface area (Å²) in [4.78, 5) is 16.6. The summed E-state index contributed by atoms with van der Waals surface area (Å²) in [6.07, 6.45) is 2.28. The van der Waals surface area contributed by atoms with E-state index >= 15 is 0 Å². The third-order valence-corrected chi connectivity index (χ3v) is 4.40. The Morgan fingerprint density at radius 2 is 2.35 bits per heavy atom. The predicted octanol–water partition coefficient (Wildman–Crippen LogP) is 1.62. The lowest BCUT2D eigenvalue weighted by Gasteiger charge is -2.23. The number of piperidine rings is 1. The number of nitrogens with zero attached hydrogens (tertiary/aromatic N) is 1. The molecule has 1 aliphatic heterocycles. The minimum absolute atomic E-state index is 0.0275. The monoisotopic (exact) mass is 271 g/mol. The molecule has 3 atom stereocenters. The van der Waals surface area contributed by atoms with Crippen LogP contribution in [0.2, 0.25) is 0 Å². The van der Waals surface area contributed by atoms with Gasteiger partial charge in [0.15, 0.2) is 11.5 Å². The lowest BCUT2D eigenvalue weighted by Crippen LogP contribution is -2.47. The first kappa shape index (κ1) is 11.9. The van der Waals surface area contributed by atoms with Crippen LogP contribution in [0.4, 0.5) is 0 Å². The van der Waals surface area contributed by atoms with Crippen LogP contribution in [-0.4, -0.2) is 29.5 Å². The molecule has 2 heterocycles. The SMILES string of the molecule is Cc1nc2ccc(C(=O)NC3CC4CNC3C4)cc2o1. The summed E-state index contributed by atoms with van der Waals surface area (Å²) in [5, 5.41) is 6.59. The third kappa shape index (κ3) is 1.89. The predicted molar refractivity (Wildman–Crippen MR) is 74.5 cm³/mol. The number of fused-ring (bicyclic) bond motifs is 3. The lowest BCUT2D eigenvalue weighted by atomic mass is 10.1. The molecule has 5 nitrogen and oxygen atoms in total. The lowest BCUT2D eigenvalue weighted by molar-refractivity contribution is 0.0928. The molecule has 20 heavy (non-hydrogen) atoms. The molecule has 104 valence electrons. The molecule has 1 amide bonds. The van der Waals surface area contributed by atoms with Gasteiger partial charge in [0, 0.05) is 24.6 Å². The number of rotatable bonds is 2. The summed E-state index contributed by atoms with van der Waals surface area (Å²) in [5.41, 5.74) is 2.10. The maximum absolute atomic E-state index is 12.3. The van der Waals surface area contributed by atoms with Gasteiger partial charge in [-0.05, 0) is 43.5 Å². The van der Waals surface area contributed by atoms with Gasteiger partial charge in [0.1, 0.15) is 5.52 Å². The van der Waals surface area contributed by atoms with Gasteiger partial charge in [-0.2, -0.15) is 0 Å². The standard InChI is InChI=1S/C15H17N3O2/c1-8-17-11-3-2-10(6-14(11)20-8)15(19)18-13-5-9-4-12(13)16-7-9/h2-3,6,9,12-13,16H,4-5,7H2,1H3,(H,18,19). The van der Waals surface area contributed by atoms with E-state index in [2.05, 4.69) is 15.6 Å². The zero-order chi connectivity index (χ0) is 13.7. The first-order chi connectivity index (χ1) is 9.69. The molecular weight excluding hydrogens is 254 g/mol. The molecule has 2 N–H and O–H groups in total. The summed E-state index contributed by atoms with van der Waals surface area (Å²) in [6, 6.07) is 6.11. The summed E-state index contributed by atoms with van der Waals surface area (Å²) >= 11 is 0. The van der Waals surface area contributed by atoms with Gasteiger partial charge in [-0.3, -0.25) is 4.79 Å². The Kier molecular flexibility index (Phi) is 2.57. The van der Waals surface area contributed by atoms with Gasteiger partial charge in [0.05, 0.1) is 0 Å². The molecule has 1 aromatic heterocycles. The maximum Gasteiger partial charge on any atom is 0.251 e. The second-order valence-electron chi connectivity index (χ2n) is 5.85.